The molecule has 5 heteroatoms. The van der Waals surface area contributed by atoms with E-state index in [0.29, 0.717) is 12.3 Å². The molecule has 1 aromatic heterocycles. The molecule has 4 rings (SSSR count). The number of nitrogens with zero attached hydrogens (tertiary/aromatic N) is 2. The molecule has 1 amide bonds. The summed E-state index contributed by atoms with van der Waals surface area (Å²) < 4.78 is 5.58. The summed E-state index contributed by atoms with van der Waals surface area (Å²) in [6, 6.07) is 20.4. The molecule has 1 N–H and O–H groups in total. The van der Waals surface area contributed by atoms with Crippen molar-refractivity contribution in [3.63, 3.8) is 0 Å². The molecule has 28 heavy (non-hydrogen) atoms. The standard InChI is InChI=1S/C23H21N3O2/c1-15-7-8-17(11-16(15)2)14-22-25-26-23(28-22)24-21(27)13-18-9-10-19-5-3-4-6-20(19)12-18/h3-12H,13-14H2,1-2H3,(H,24,26,27). The fourth-order valence-corrected chi connectivity index (χ4v) is 3.16. The summed E-state index contributed by atoms with van der Waals surface area (Å²) >= 11 is 0. The summed E-state index contributed by atoms with van der Waals surface area (Å²) in [4.78, 5) is 12.3. The maximum Gasteiger partial charge on any atom is 0.322 e. The van der Waals surface area contributed by atoms with Crippen molar-refractivity contribution in [3.8, 4) is 0 Å². The van der Waals surface area contributed by atoms with Gasteiger partial charge in [0.15, 0.2) is 0 Å². The summed E-state index contributed by atoms with van der Waals surface area (Å²) in [5.41, 5.74) is 4.50. The van der Waals surface area contributed by atoms with Crippen molar-refractivity contribution in [3.05, 3.63) is 88.8 Å². The van der Waals surface area contributed by atoms with Gasteiger partial charge >= 0.3 is 6.01 Å². The van der Waals surface area contributed by atoms with Crippen LogP contribution in [0.25, 0.3) is 10.8 Å². The number of amides is 1. The smallest absolute Gasteiger partial charge is 0.322 e. The Morgan fingerprint density at radius 1 is 0.893 bits per heavy atom. The highest BCUT2D eigenvalue weighted by Gasteiger charge is 2.11. The number of nitrogens with one attached hydrogen (secondary N) is 1. The van der Waals surface area contributed by atoms with Gasteiger partial charge in [-0.15, -0.1) is 5.10 Å². The minimum Gasteiger partial charge on any atom is -0.407 e. The van der Waals surface area contributed by atoms with Crippen molar-refractivity contribution >= 4 is 22.7 Å². The molecule has 0 aliphatic carbocycles. The highest BCUT2D eigenvalue weighted by molar-refractivity contribution is 5.91. The Bertz CT molecular complexity index is 1150. The number of carbonyl (C=O) groups is 1. The van der Waals surface area contributed by atoms with Crippen molar-refractivity contribution in [2.75, 3.05) is 5.32 Å². The van der Waals surface area contributed by atoms with Crippen LogP contribution in [0, 0.1) is 13.8 Å². The van der Waals surface area contributed by atoms with Crippen LogP contribution < -0.4 is 5.32 Å². The molecule has 0 bridgehead atoms. The van der Waals surface area contributed by atoms with E-state index in [0.717, 1.165) is 21.9 Å². The van der Waals surface area contributed by atoms with Crippen LogP contribution in [-0.2, 0) is 17.6 Å². The highest BCUT2D eigenvalue weighted by atomic mass is 16.4. The van der Waals surface area contributed by atoms with Crippen LogP contribution in [0.2, 0.25) is 0 Å². The molecule has 1 heterocycles. The minimum atomic E-state index is -0.184. The average Bonchev–Trinajstić information content (AvgIpc) is 3.11. The van der Waals surface area contributed by atoms with Gasteiger partial charge in [-0.3, -0.25) is 10.1 Å². The van der Waals surface area contributed by atoms with E-state index in [-0.39, 0.29) is 18.3 Å². The van der Waals surface area contributed by atoms with E-state index < -0.39 is 0 Å². The average molecular weight is 371 g/mol. The van der Waals surface area contributed by atoms with E-state index in [1.54, 1.807) is 0 Å². The lowest BCUT2D eigenvalue weighted by atomic mass is 10.0. The molecule has 0 radical (unpaired) electrons. The van der Waals surface area contributed by atoms with Crippen LogP contribution in [0.4, 0.5) is 6.01 Å². The van der Waals surface area contributed by atoms with E-state index in [4.69, 9.17) is 4.42 Å². The van der Waals surface area contributed by atoms with Gasteiger partial charge in [0.1, 0.15) is 0 Å². The molecule has 0 spiro atoms. The number of benzene rings is 3. The zero-order chi connectivity index (χ0) is 19.5. The monoisotopic (exact) mass is 371 g/mol. The highest BCUT2D eigenvalue weighted by Crippen LogP contribution is 2.17. The van der Waals surface area contributed by atoms with Crippen LogP contribution >= 0.6 is 0 Å². The van der Waals surface area contributed by atoms with Crippen molar-refractivity contribution in [2.24, 2.45) is 0 Å². The predicted molar refractivity (Wildman–Crippen MR) is 109 cm³/mol. The largest absolute Gasteiger partial charge is 0.407 e. The van der Waals surface area contributed by atoms with Crippen molar-refractivity contribution in [2.45, 2.75) is 26.7 Å². The lowest BCUT2D eigenvalue weighted by Crippen LogP contribution is -2.14. The third kappa shape index (κ3) is 4.09. The van der Waals surface area contributed by atoms with Gasteiger partial charge in [-0.05, 0) is 46.9 Å². The van der Waals surface area contributed by atoms with Crippen LogP contribution in [0.1, 0.15) is 28.1 Å². The molecular weight excluding hydrogens is 350 g/mol. The summed E-state index contributed by atoms with van der Waals surface area (Å²) in [5.74, 6) is 0.293. The van der Waals surface area contributed by atoms with E-state index in [1.165, 1.54) is 11.1 Å². The van der Waals surface area contributed by atoms with E-state index >= 15 is 0 Å². The Morgan fingerprint density at radius 2 is 1.68 bits per heavy atom. The van der Waals surface area contributed by atoms with Gasteiger partial charge < -0.3 is 4.42 Å². The molecule has 5 nitrogen and oxygen atoms in total. The predicted octanol–water partition coefficient (Wildman–Crippen LogP) is 4.61. The Morgan fingerprint density at radius 3 is 2.50 bits per heavy atom. The van der Waals surface area contributed by atoms with E-state index in [9.17, 15) is 4.79 Å². The number of fused-ring (bicyclic) bond motifs is 1. The first kappa shape index (κ1) is 17.9. The van der Waals surface area contributed by atoms with Gasteiger partial charge in [-0.25, -0.2) is 0 Å². The Labute approximate surface area is 163 Å². The normalized spacial score (nSPS) is 10.9. The van der Waals surface area contributed by atoms with Crippen LogP contribution in [0.3, 0.4) is 0 Å². The first-order valence-electron chi connectivity index (χ1n) is 9.23. The minimum absolute atomic E-state index is 0.129. The zero-order valence-electron chi connectivity index (χ0n) is 15.9. The first-order chi connectivity index (χ1) is 13.6. The number of aryl methyl sites for hydroxylation is 2. The lowest BCUT2D eigenvalue weighted by Gasteiger charge is -2.04. The van der Waals surface area contributed by atoms with Gasteiger partial charge in [0.2, 0.25) is 11.8 Å². The van der Waals surface area contributed by atoms with Crippen LogP contribution in [0.15, 0.2) is 65.1 Å². The summed E-state index contributed by atoms with van der Waals surface area (Å²) in [6.07, 6.45) is 0.786. The number of aromatic nitrogens is 2. The number of rotatable bonds is 5. The maximum atomic E-state index is 12.3. The van der Waals surface area contributed by atoms with Gasteiger partial charge in [0, 0.05) is 0 Å². The second-order valence-corrected chi connectivity index (χ2v) is 7.00. The second kappa shape index (κ2) is 7.64. The Kier molecular flexibility index (Phi) is 4.89. The van der Waals surface area contributed by atoms with Crippen molar-refractivity contribution in [1.82, 2.24) is 10.2 Å². The number of hydrogen-bond acceptors (Lipinski definition) is 4. The van der Waals surface area contributed by atoms with E-state index in [1.807, 2.05) is 42.5 Å². The van der Waals surface area contributed by atoms with Crippen LogP contribution in [-0.4, -0.2) is 16.1 Å². The third-order valence-electron chi connectivity index (χ3n) is 4.82. The fourth-order valence-electron chi connectivity index (χ4n) is 3.16. The molecule has 3 aromatic carbocycles. The van der Waals surface area contributed by atoms with E-state index in [2.05, 4.69) is 47.6 Å². The van der Waals surface area contributed by atoms with Crippen molar-refractivity contribution in [1.29, 1.82) is 0 Å². The quantitative estimate of drug-likeness (QED) is 0.556. The van der Waals surface area contributed by atoms with Gasteiger partial charge in [0.05, 0.1) is 12.8 Å². The topological polar surface area (TPSA) is 68.0 Å². The summed E-state index contributed by atoms with van der Waals surface area (Å²) in [7, 11) is 0. The molecule has 0 atom stereocenters. The van der Waals surface area contributed by atoms with Crippen molar-refractivity contribution < 1.29 is 9.21 Å². The fraction of sp³-hybridized carbons (Fsp3) is 0.174. The number of anilines is 1. The number of carbonyl (C=O) groups excluding carboxylic acids is 1. The molecular formula is C23H21N3O2. The number of hydrogen-bond donors (Lipinski definition) is 1. The van der Waals surface area contributed by atoms with Gasteiger partial charge in [-0.2, -0.15) is 0 Å². The Balaban J connectivity index is 1.39. The first-order valence-corrected chi connectivity index (χ1v) is 9.23. The van der Waals surface area contributed by atoms with Crippen LogP contribution in [0.5, 0.6) is 0 Å². The van der Waals surface area contributed by atoms with Gasteiger partial charge in [-0.1, -0.05) is 65.8 Å². The molecule has 0 aliphatic rings. The molecule has 0 aliphatic heterocycles. The molecule has 0 fully saturated rings. The molecule has 140 valence electrons. The molecule has 0 saturated carbocycles. The Hall–Kier alpha value is -3.47. The third-order valence-corrected chi connectivity index (χ3v) is 4.82. The molecule has 0 saturated heterocycles. The molecule has 0 unspecified atom stereocenters. The summed E-state index contributed by atoms with van der Waals surface area (Å²) in [6.45, 7) is 4.15. The lowest BCUT2D eigenvalue weighted by molar-refractivity contribution is -0.115. The second-order valence-electron chi connectivity index (χ2n) is 7.00. The van der Waals surface area contributed by atoms with Gasteiger partial charge in [0.25, 0.3) is 0 Å². The molecule has 4 aromatic rings. The zero-order valence-corrected chi connectivity index (χ0v) is 15.9. The maximum absolute atomic E-state index is 12.3. The SMILES string of the molecule is Cc1ccc(Cc2nnc(NC(=O)Cc3ccc4ccccc4c3)o2)cc1C. The summed E-state index contributed by atoms with van der Waals surface area (Å²) in [5, 5.41) is 12.9.